The molecule has 0 unspecified atom stereocenters. The van der Waals surface area contributed by atoms with Gasteiger partial charge in [-0.1, -0.05) is 0 Å². The van der Waals surface area contributed by atoms with Gasteiger partial charge in [0.2, 0.25) is 0 Å². The van der Waals surface area contributed by atoms with Gasteiger partial charge in [-0.2, -0.15) is 13.5 Å². The van der Waals surface area contributed by atoms with E-state index in [1.807, 2.05) is 5.48 Å². The second-order valence-electron chi connectivity index (χ2n) is 6.72. The largest absolute Gasteiger partial charge is 0.418 e. The zero-order valence-electron chi connectivity index (χ0n) is 13.4. The van der Waals surface area contributed by atoms with Crippen molar-refractivity contribution in [2.75, 3.05) is 19.7 Å². The molecule has 0 aromatic heterocycles. The SMILES string of the molecule is NCC1(CONC(=O)[C@@H]2CC(F)(F)[C@@H]3CN2C(=O)N3OS(=O)(=O)O)CC1. The molecule has 2 heterocycles. The minimum absolute atomic E-state index is 0.118. The van der Waals surface area contributed by atoms with E-state index in [4.69, 9.17) is 15.1 Å². The molecule has 1 aliphatic carbocycles. The highest BCUT2D eigenvalue weighted by molar-refractivity contribution is 7.80. The third-order valence-corrected chi connectivity index (χ3v) is 5.18. The smallest absolute Gasteiger partial charge is 0.330 e. The molecule has 0 spiro atoms. The third kappa shape index (κ3) is 3.59. The van der Waals surface area contributed by atoms with E-state index in [0.29, 0.717) is 6.54 Å². The number of carbonyl (C=O) groups is 2. The van der Waals surface area contributed by atoms with Crippen molar-refractivity contribution in [1.29, 1.82) is 0 Å². The van der Waals surface area contributed by atoms with E-state index in [9.17, 15) is 26.8 Å². The minimum Gasteiger partial charge on any atom is -0.330 e. The van der Waals surface area contributed by atoms with Gasteiger partial charge in [0, 0.05) is 18.4 Å². The summed E-state index contributed by atoms with van der Waals surface area (Å²) in [5.41, 5.74) is 7.38. The van der Waals surface area contributed by atoms with E-state index < -0.39 is 53.3 Å². The first-order valence-corrected chi connectivity index (χ1v) is 9.11. The summed E-state index contributed by atoms with van der Waals surface area (Å²) in [5.74, 6) is -4.59. The van der Waals surface area contributed by atoms with Gasteiger partial charge >= 0.3 is 16.4 Å². The van der Waals surface area contributed by atoms with Crippen LogP contribution < -0.4 is 11.2 Å². The Hall–Kier alpha value is -1.61. The van der Waals surface area contributed by atoms with Gasteiger partial charge in [0.1, 0.15) is 12.1 Å². The van der Waals surface area contributed by atoms with Crippen LogP contribution in [0.25, 0.3) is 0 Å². The Labute approximate surface area is 147 Å². The third-order valence-electron chi connectivity index (χ3n) is 4.83. The van der Waals surface area contributed by atoms with Gasteiger partial charge < -0.3 is 10.6 Å². The number of hydrogen-bond acceptors (Lipinski definition) is 7. The molecular formula is C12H18F2N4O7S. The van der Waals surface area contributed by atoms with Crippen LogP contribution >= 0.6 is 0 Å². The molecule has 148 valence electrons. The van der Waals surface area contributed by atoms with Crippen LogP contribution in [-0.2, 0) is 24.3 Å². The summed E-state index contributed by atoms with van der Waals surface area (Å²) in [6.45, 7) is -0.169. The monoisotopic (exact) mass is 400 g/mol. The summed E-state index contributed by atoms with van der Waals surface area (Å²) in [4.78, 5) is 30.1. The van der Waals surface area contributed by atoms with Gasteiger partial charge in [-0.25, -0.2) is 19.1 Å². The maximum atomic E-state index is 14.3. The molecule has 3 aliphatic rings. The zero-order valence-corrected chi connectivity index (χ0v) is 14.2. The fraction of sp³-hybridized carbons (Fsp3) is 0.833. The number of amides is 3. The van der Waals surface area contributed by atoms with Crippen LogP contribution in [0, 0.1) is 5.41 Å². The summed E-state index contributed by atoms with van der Waals surface area (Å²) >= 11 is 0. The number of hydroxylamine groups is 3. The number of fused-ring (bicyclic) bond motifs is 2. The van der Waals surface area contributed by atoms with Gasteiger partial charge in [0.15, 0.2) is 0 Å². The van der Waals surface area contributed by atoms with Gasteiger partial charge in [-0.05, 0) is 12.8 Å². The number of carbonyl (C=O) groups excluding carboxylic acids is 2. The fourth-order valence-corrected chi connectivity index (χ4v) is 3.37. The first-order chi connectivity index (χ1) is 12.0. The predicted molar refractivity (Wildman–Crippen MR) is 78.5 cm³/mol. The number of nitrogens with zero attached hydrogens (tertiary/aromatic N) is 2. The molecule has 2 atom stereocenters. The number of nitrogens with one attached hydrogen (secondary N) is 1. The molecule has 2 saturated heterocycles. The molecule has 3 amide bonds. The van der Waals surface area contributed by atoms with Gasteiger partial charge in [-0.3, -0.25) is 14.2 Å². The molecular weight excluding hydrogens is 382 g/mol. The summed E-state index contributed by atoms with van der Waals surface area (Å²) in [6.07, 6.45) is 0.607. The number of hydrogen-bond donors (Lipinski definition) is 3. The summed E-state index contributed by atoms with van der Waals surface area (Å²) in [5, 5.41) is -0.128. The van der Waals surface area contributed by atoms with Gasteiger partial charge in [-0.15, -0.1) is 4.28 Å². The van der Waals surface area contributed by atoms with Crippen molar-refractivity contribution in [3.63, 3.8) is 0 Å². The Kier molecular flexibility index (Phi) is 4.59. The Morgan fingerprint density at radius 2 is 2.08 bits per heavy atom. The molecule has 4 N–H and O–H groups in total. The molecule has 0 aromatic rings. The average Bonchev–Trinajstić information content (AvgIpc) is 3.25. The number of nitrogens with two attached hydrogens (primary N) is 1. The van der Waals surface area contributed by atoms with Crippen LogP contribution in [0.5, 0.6) is 0 Å². The van der Waals surface area contributed by atoms with Crippen molar-refractivity contribution >= 4 is 22.3 Å². The van der Waals surface area contributed by atoms with Crippen molar-refractivity contribution < 1.29 is 40.5 Å². The minimum atomic E-state index is -5.19. The quantitative estimate of drug-likeness (QED) is 0.364. The highest BCUT2D eigenvalue weighted by atomic mass is 32.3. The summed E-state index contributed by atoms with van der Waals surface area (Å²) in [7, 11) is -5.19. The van der Waals surface area contributed by atoms with Crippen molar-refractivity contribution in [1.82, 2.24) is 15.4 Å². The molecule has 3 fully saturated rings. The van der Waals surface area contributed by atoms with Crippen molar-refractivity contribution in [2.24, 2.45) is 11.1 Å². The Morgan fingerprint density at radius 3 is 2.62 bits per heavy atom. The summed E-state index contributed by atoms with van der Waals surface area (Å²) in [6, 6.07) is -4.81. The first kappa shape index (κ1) is 19.2. The van der Waals surface area contributed by atoms with Gasteiger partial charge in [0.05, 0.1) is 13.2 Å². The van der Waals surface area contributed by atoms with E-state index >= 15 is 0 Å². The molecule has 3 rings (SSSR count). The Bertz CT molecular complexity index is 714. The van der Waals surface area contributed by atoms with E-state index in [0.717, 1.165) is 17.7 Å². The van der Waals surface area contributed by atoms with Crippen LogP contribution in [0.2, 0.25) is 0 Å². The molecule has 11 nitrogen and oxygen atoms in total. The molecule has 26 heavy (non-hydrogen) atoms. The fourth-order valence-electron chi connectivity index (χ4n) is 3.00. The van der Waals surface area contributed by atoms with Gasteiger partial charge in [0.25, 0.3) is 11.8 Å². The van der Waals surface area contributed by atoms with Crippen LogP contribution in [-0.4, -0.2) is 72.6 Å². The lowest BCUT2D eigenvalue weighted by molar-refractivity contribution is -0.160. The second kappa shape index (κ2) is 6.23. The van der Waals surface area contributed by atoms with E-state index in [1.54, 1.807) is 0 Å². The van der Waals surface area contributed by atoms with E-state index in [1.165, 1.54) is 0 Å². The normalized spacial score (nSPS) is 29.0. The lowest BCUT2D eigenvalue weighted by Gasteiger charge is -2.34. The van der Waals surface area contributed by atoms with Crippen LogP contribution in [0.1, 0.15) is 19.3 Å². The highest BCUT2D eigenvalue weighted by Crippen LogP contribution is 2.44. The molecule has 2 aliphatic heterocycles. The Morgan fingerprint density at radius 1 is 1.42 bits per heavy atom. The molecule has 14 heteroatoms. The number of alkyl halides is 2. The number of halogens is 2. The standard InChI is InChI=1S/C12H18F2N4O7S/c13-12(14)3-7(9(19)16-24-6-11(5-15)1-2-11)17-4-8(12)18(10(17)20)25-26(21,22)23/h7-8H,1-6,15H2,(H,16,19)(H,21,22,23)/t7-,8-/m0/s1. The topological polar surface area (TPSA) is 151 Å². The molecule has 0 radical (unpaired) electrons. The van der Waals surface area contributed by atoms with Crippen molar-refractivity contribution in [3.8, 4) is 0 Å². The lowest BCUT2D eigenvalue weighted by Crippen LogP contribution is -2.56. The van der Waals surface area contributed by atoms with E-state index in [2.05, 4.69) is 4.28 Å². The maximum Gasteiger partial charge on any atom is 0.418 e. The van der Waals surface area contributed by atoms with Crippen LogP contribution in [0.3, 0.4) is 0 Å². The number of urea groups is 1. The van der Waals surface area contributed by atoms with E-state index in [-0.39, 0.29) is 17.1 Å². The number of piperidine rings is 1. The summed E-state index contributed by atoms with van der Waals surface area (Å²) < 4.78 is 62.7. The van der Waals surface area contributed by atoms with Crippen LogP contribution in [0.15, 0.2) is 0 Å². The van der Waals surface area contributed by atoms with Crippen molar-refractivity contribution in [2.45, 2.75) is 37.3 Å². The molecule has 0 aromatic carbocycles. The first-order valence-electron chi connectivity index (χ1n) is 7.74. The lowest BCUT2D eigenvalue weighted by atomic mass is 9.96. The molecule has 1 saturated carbocycles. The highest BCUT2D eigenvalue weighted by Gasteiger charge is 2.62. The van der Waals surface area contributed by atoms with Crippen molar-refractivity contribution in [3.05, 3.63) is 0 Å². The predicted octanol–water partition coefficient (Wildman–Crippen LogP) is -0.979. The Balaban J connectivity index is 1.68. The average molecular weight is 400 g/mol. The zero-order chi connectivity index (χ0) is 19.3. The number of rotatable bonds is 7. The molecule has 2 bridgehead atoms. The maximum absolute atomic E-state index is 14.3. The van der Waals surface area contributed by atoms with Crippen LogP contribution in [0.4, 0.5) is 13.6 Å². The second-order valence-corrected chi connectivity index (χ2v) is 7.72.